The third-order valence-electron chi connectivity index (χ3n) is 6.06. The van der Waals surface area contributed by atoms with Gasteiger partial charge in [-0.3, -0.25) is 4.79 Å². The quantitative estimate of drug-likeness (QED) is 0.558. The molecule has 0 bridgehead atoms. The highest BCUT2D eigenvalue weighted by molar-refractivity contribution is 5.96. The predicted octanol–water partition coefficient (Wildman–Crippen LogP) is 4.23. The Morgan fingerprint density at radius 2 is 1.74 bits per heavy atom. The summed E-state index contributed by atoms with van der Waals surface area (Å²) in [5.74, 6) is 0.980. The average Bonchev–Trinajstić information content (AvgIpc) is 2.84. The van der Waals surface area contributed by atoms with Crippen LogP contribution in [0.15, 0.2) is 48.4 Å². The van der Waals surface area contributed by atoms with E-state index in [1.165, 1.54) is 27.6 Å². The molecule has 1 fully saturated rings. The summed E-state index contributed by atoms with van der Waals surface area (Å²) in [6.07, 6.45) is 2.11. The number of ether oxygens (including phenoxy) is 6. The molecule has 2 aromatic carbocycles. The normalized spacial score (nSPS) is 21.5. The highest BCUT2D eigenvalue weighted by Gasteiger charge is 2.42. The first-order chi connectivity index (χ1) is 16.4. The minimum Gasteiger partial charge on any atom is -0.493 e. The summed E-state index contributed by atoms with van der Waals surface area (Å²) < 4.78 is 33.3. The van der Waals surface area contributed by atoms with Crippen LogP contribution in [0.1, 0.15) is 35.2 Å². The van der Waals surface area contributed by atoms with Gasteiger partial charge in [0.2, 0.25) is 17.3 Å². The van der Waals surface area contributed by atoms with E-state index in [9.17, 15) is 9.59 Å². The maximum atomic E-state index is 13.0. The number of benzene rings is 2. The minimum atomic E-state index is -0.510. The molecule has 0 N–H and O–H groups in total. The van der Waals surface area contributed by atoms with Gasteiger partial charge in [-0.15, -0.1) is 0 Å². The van der Waals surface area contributed by atoms with Crippen LogP contribution in [0.4, 0.5) is 0 Å². The zero-order valence-corrected chi connectivity index (χ0v) is 19.7. The summed E-state index contributed by atoms with van der Waals surface area (Å²) in [6.45, 7) is 1.96. The molecule has 8 nitrogen and oxygen atoms in total. The van der Waals surface area contributed by atoms with E-state index in [0.717, 1.165) is 5.56 Å². The molecule has 4 rings (SSSR count). The van der Waals surface area contributed by atoms with Crippen molar-refractivity contribution in [1.29, 1.82) is 0 Å². The molecule has 3 atom stereocenters. The van der Waals surface area contributed by atoms with Gasteiger partial charge in [0.05, 0.1) is 32.8 Å². The molecule has 8 heteroatoms. The van der Waals surface area contributed by atoms with E-state index in [1.54, 1.807) is 18.2 Å². The van der Waals surface area contributed by atoms with Gasteiger partial charge >= 0.3 is 5.97 Å². The Bertz CT molecular complexity index is 1080. The van der Waals surface area contributed by atoms with Gasteiger partial charge in [0.15, 0.2) is 11.5 Å². The van der Waals surface area contributed by atoms with E-state index in [1.807, 2.05) is 25.1 Å². The van der Waals surface area contributed by atoms with Crippen LogP contribution in [0.5, 0.6) is 23.0 Å². The maximum absolute atomic E-state index is 13.0. The third kappa shape index (κ3) is 4.81. The van der Waals surface area contributed by atoms with Crippen LogP contribution < -0.4 is 18.9 Å². The van der Waals surface area contributed by atoms with Crippen molar-refractivity contribution in [2.75, 3.05) is 21.3 Å². The molecule has 1 aliphatic heterocycles. The summed E-state index contributed by atoms with van der Waals surface area (Å²) >= 11 is 0. The first-order valence-corrected chi connectivity index (χ1v) is 11.1. The highest BCUT2D eigenvalue weighted by Crippen LogP contribution is 2.39. The number of carbonyl (C=O) groups excluding carboxylic acids is 2. The molecule has 1 aliphatic carbocycles. The fourth-order valence-corrected chi connectivity index (χ4v) is 4.34. The largest absolute Gasteiger partial charge is 0.493 e. The van der Waals surface area contributed by atoms with Gasteiger partial charge in [-0.05, 0) is 49.6 Å². The predicted molar refractivity (Wildman–Crippen MR) is 122 cm³/mol. The van der Waals surface area contributed by atoms with Crippen molar-refractivity contribution in [2.45, 2.75) is 38.4 Å². The first-order valence-electron chi connectivity index (χ1n) is 11.1. The number of Topliss-reactive ketones (excluding diaryl/α,β-unsaturated/α-hetero) is 1. The molecule has 1 saturated carbocycles. The average molecular weight is 469 g/mol. The lowest BCUT2D eigenvalue weighted by atomic mass is 9.80. The topological polar surface area (TPSA) is 89.5 Å². The zero-order valence-electron chi connectivity index (χ0n) is 19.7. The van der Waals surface area contributed by atoms with Crippen LogP contribution in [-0.2, 0) is 14.3 Å². The Kier molecular flexibility index (Phi) is 6.95. The molecule has 0 radical (unpaired) electrons. The van der Waals surface area contributed by atoms with Crippen LogP contribution in [0.25, 0.3) is 0 Å². The second kappa shape index (κ2) is 10.1. The van der Waals surface area contributed by atoms with E-state index in [0.29, 0.717) is 42.3 Å². The standard InChI is InChI=1S/C26H28O8/c1-15-6-5-7-17(10-15)33-23-14-32-20-13-18(8-9-19(20)24(23)27)34-26(28)16-11-21(29-2)25(31-4)22(12-16)30-3/h5-7,10-12,14,18-20H,8-9,13H2,1-4H3. The van der Waals surface area contributed by atoms with E-state index in [-0.39, 0.29) is 35.2 Å². The Balaban J connectivity index is 1.42. The van der Waals surface area contributed by atoms with Crippen LogP contribution in [-0.4, -0.2) is 45.3 Å². The third-order valence-corrected chi connectivity index (χ3v) is 6.06. The lowest BCUT2D eigenvalue weighted by molar-refractivity contribution is -0.132. The summed E-state index contributed by atoms with van der Waals surface area (Å²) in [6, 6.07) is 10.6. The van der Waals surface area contributed by atoms with Crippen molar-refractivity contribution < 1.29 is 38.0 Å². The van der Waals surface area contributed by atoms with Gasteiger partial charge in [0.1, 0.15) is 24.2 Å². The van der Waals surface area contributed by atoms with Crippen molar-refractivity contribution >= 4 is 11.8 Å². The number of esters is 1. The van der Waals surface area contributed by atoms with E-state index in [2.05, 4.69) is 0 Å². The molecule has 3 unspecified atom stereocenters. The number of fused-ring (bicyclic) bond motifs is 1. The van der Waals surface area contributed by atoms with Crippen LogP contribution in [0.2, 0.25) is 0 Å². The Hall–Kier alpha value is -3.68. The van der Waals surface area contributed by atoms with Crippen LogP contribution in [0.3, 0.4) is 0 Å². The van der Waals surface area contributed by atoms with Crippen molar-refractivity contribution in [3.8, 4) is 23.0 Å². The Morgan fingerprint density at radius 3 is 2.38 bits per heavy atom. The van der Waals surface area contributed by atoms with Crippen molar-refractivity contribution in [3.05, 3.63) is 59.5 Å². The Morgan fingerprint density at radius 1 is 1.00 bits per heavy atom. The molecule has 2 aromatic rings. The van der Waals surface area contributed by atoms with Gasteiger partial charge in [0.25, 0.3) is 0 Å². The number of rotatable bonds is 7. The molecule has 2 aliphatic rings. The van der Waals surface area contributed by atoms with Gasteiger partial charge < -0.3 is 28.4 Å². The summed E-state index contributed by atoms with van der Waals surface area (Å²) in [4.78, 5) is 25.8. The van der Waals surface area contributed by atoms with Gasteiger partial charge in [-0.2, -0.15) is 0 Å². The molecule has 1 heterocycles. The zero-order chi connectivity index (χ0) is 24.2. The number of hydrogen-bond donors (Lipinski definition) is 0. The summed E-state index contributed by atoms with van der Waals surface area (Å²) in [5.41, 5.74) is 1.32. The minimum absolute atomic E-state index is 0.0906. The van der Waals surface area contributed by atoms with Crippen LogP contribution >= 0.6 is 0 Å². The monoisotopic (exact) mass is 468 g/mol. The number of carbonyl (C=O) groups is 2. The smallest absolute Gasteiger partial charge is 0.338 e. The molecule has 0 amide bonds. The maximum Gasteiger partial charge on any atom is 0.338 e. The second-order valence-corrected chi connectivity index (χ2v) is 8.30. The molecular formula is C26H28O8. The fraction of sp³-hybridized carbons (Fsp3) is 0.385. The van der Waals surface area contributed by atoms with Gasteiger partial charge in [-0.25, -0.2) is 4.79 Å². The number of methoxy groups -OCH3 is 3. The van der Waals surface area contributed by atoms with Crippen molar-refractivity contribution in [3.63, 3.8) is 0 Å². The lowest BCUT2D eigenvalue weighted by Gasteiger charge is -2.36. The van der Waals surface area contributed by atoms with Crippen molar-refractivity contribution in [1.82, 2.24) is 0 Å². The number of hydrogen-bond acceptors (Lipinski definition) is 8. The van der Waals surface area contributed by atoms with Gasteiger partial charge in [-0.1, -0.05) is 12.1 Å². The number of aryl methyl sites for hydroxylation is 1. The van der Waals surface area contributed by atoms with Crippen LogP contribution in [0, 0.1) is 12.8 Å². The molecule has 0 saturated heterocycles. The molecule has 180 valence electrons. The van der Waals surface area contributed by atoms with Crippen molar-refractivity contribution in [2.24, 2.45) is 5.92 Å². The first kappa shape index (κ1) is 23.5. The Labute approximate surface area is 198 Å². The number of allylic oxidation sites excluding steroid dienone is 1. The fourth-order valence-electron chi connectivity index (χ4n) is 4.34. The molecule has 34 heavy (non-hydrogen) atoms. The molecule has 0 spiro atoms. The van der Waals surface area contributed by atoms with E-state index >= 15 is 0 Å². The molecular weight excluding hydrogens is 440 g/mol. The summed E-state index contributed by atoms with van der Waals surface area (Å²) in [7, 11) is 4.46. The molecule has 0 aromatic heterocycles. The highest BCUT2D eigenvalue weighted by atomic mass is 16.6. The SMILES string of the molecule is COc1cc(C(=O)OC2CCC3C(=O)C(Oc4cccc(C)c4)=COC3C2)cc(OC)c1OC. The number of ketones is 1. The van der Waals surface area contributed by atoms with Gasteiger partial charge in [0, 0.05) is 6.42 Å². The van der Waals surface area contributed by atoms with E-state index in [4.69, 9.17) is 28.4 Å². The van der Waals surface area contributed by atoms with E-state index < -0.39 is 5.97 Å². The second-order valence-electron chi connectivity index (χ2n) is 8.30. The summed E-state index contributed by atoms with van der Waals surface area (Å²) in [5, 5.41) is 0. The lowest BCUT2D eigenvalue weighted by Crippen LogP contribution is -2.43.